The number of nitrogens with one attached hydrogen (secondary N) is 1. The fourth-order valence-corrected chi connectivity index (χ4v) is 2.55. The quantitative estimate of drug-likeness (QED) is 0.736. The van der Waals surface area contributed by atoms with Gasteiger partial charge in [-0.2, -0.15) is 0 Å². The highest BCUT2D eigenvalue weighted by atomic mass is 33.1. The molecule has 1 N–H and O–H groups in total. The molecule has 2 nitrogen and oxygen atoms in total. The predicted octanol–water partition coefficient (Wildman–Crippen LogP) is 2.95. The van der Waals surface area contributed by atoms with Crippen molar-refractivity contribution in [1.29, 1.82) is 0 Å². The Kier molecular flexibility index (Phi) is 3.86. The third-order valence-electron chi connectivity index (χ3n) is 1.34. The molecule has 0 spiro atoms. The van der Waals surface area contributed by atoms with Crippen LogP contribution in [-0.4, -0.2) is 15.2 Å². The van der Waals surface area contributed by atoms with Crippen LogP contribution >= 0.6 is 21.6 Å². The standard InChI is InChI=1S/C7H12N2S2/c1-3-6(2)10-11-7-8-4-5-9-7/h4-6H,3H2,1-2H3,(H,8,9)/t6-/m1/s1. The third-order valence-corrected chi connectivity index (χ3v) is 4.23. The summed E-state index contributed by atoms with van der Waals surface area (Å²) in [6.07, 6.45) is 4.83. The molecule has 11 heavy (non-hydrogen) atoms. The zero-order valence-electron chi connectivity index (χ0n) is 6.70. The Morgan fingerprint density at radius 2 is 2.55 bits per heavy atom. The zero-order valence-corrected chi connectivity index (χ0v) is 8.34. The van der Waals surface area contributed by atoms with E-state index in [9.17, 15) is 0 Å². The van der Waals surface area contributed by atoms with Crippen molar-refractivity contribution in [3.8, 4) is 0 Å². The number of imidazole rings is 1. The molecule has 1 aromatic heterocycles. The first-order valence-corrected chi connectivity index (χ1v) is 5.87. The number of rotatable bonds is 4. The van der Waals surface area contributed by atoms with Crippen LogP contribution in [0, 0.1) is 0 Å². The molecule has 0 bridgehead atoms. The minimum absolute atomic E-state index is 0.699. The van der Waals surface area contributed by atoms with E-state index in [4.69, 9.17) is 0 Å². The van der Waals surface area contributed by atoms with Gasteiger partial charge in [-0.15, -0.1) is 0 Å². The molecule has 0 amide bonds. The maximum Gasteiger partial charge on any atom is 0.176 e. The molecule has 0 aliphatic carbocycles. The van der Waals surface area contributed by atoms with Gasteiger partial charge in [-0.05, 0) is 17.2 Å². The van der Waals surface area contributed by atoms with Gasteiger partial charge in [0, 0.05) is 17.6 Å². The summed E-state index contributed by atoms with van der Waals surface area (Å²) < 4.78 is 0. The number of hydrogen-bond acceptors (Lipinski definition) is 3. The molecule has 0 radical (unpaired) electrons. The summed E-state index contributed by atoms with van der Waals surface area (Å²) >= 11 is 0. The Morgan fingerprint density at radius 3 is 3.09 bits per heavy atom. The topological polar surface area (TPSA) is 28.7 Å². The van der Waals surface area contributed by atoms with E-state index in [1.54, 1.807) is 17.0 Å². The average molecular weight is 188 g/mol. The monoisotopic (exact) mass is 188 g/mol. The van der Waals surface area contributed by atoms with Crippen molar-refractivity contribution in [3.63, 3.8) is 0 Å². The van der Waals surface area contributed by atoms with Crippen LogP contribution in [0.2, 0.25) is 0 Å². The molecule has 1 aromatic rings. The first kappa shape index (κ1) is 9.00. The number of nitrogens with zero attached hydrogens (tertiary/aromatic N) is 1. The second-order valence-electron chi connectivity index (χ2n) is 2.29. The van der Waals surface area contributed by atoms with Crippen molar-refractivity contribution in [3.05, 3.63) is 12.4 Å². The fourth-order valence-electron chi connectivity index (χ4n) is 0.492. The summed E-state index contributed by atoms with van der Waals surface area (Å²) in [5.41, 5.74) is 0. The summed E-state index contributed by atoms with van der Waals surface area (Å²) in [5.74, 6) is 0. The highest BCUT2D eigenvalue weighted by molar-refractivity contribution is 8.76. The SMILES string of the molecule is CC[C@@H](C)SSc1ncc[nH]1. The van der Waals surface area contributed by atoms with E-state index in [2.05, 4.69) is 23.8 Å². The molecule has 0 aliphatic rings. The molecule has 62 valence electrons. The Balaban J connectivity index is 2.23. The Bertz CT molecular complexity index is 186. The lowest BCUT2D eigenvalue weighted by Gasteiger charge is -2.03. The average Bonchev–Trinajstić information content (AvgIpc) is 2.52. The van der Waals surface area contributed by atoms with E-state index in [0.29, 0.717) is 5.25 Å². The van der Waals surface area contributed by atoms with E-state index in [-0.39, 0.29) is 0 Å². The molecular formula is C7H12N2S2. The van der Waals surface area contributed by atoms with Crippen molar-refractivity contribution in [2.45, 2.75) is 30.7 Å². The van der Waals surface area contributed by atoms with Crippen molar-refractivity contribution >= 4 is 21.6 Å². The number of H-pyrrole nitrogens is 1. The first-order chi connectivity index (χ1) is 5.33. The van der Waals surface area contributed by atoms with Crippen LogP contribution in [-0.2, 0) is 0 Å². The van der Waals surface area contributed by atoms with Crippen molar-refractivity contribution in [1.82, 2.24) is 9.97 Å². The Morgan fingerprint density at radius 1 is 1.73 bits per heavy atom. The van der Waals surface area contributed by atoms with Crippen LogP contribution < -0.4 is 0 Å². The van der Waals surface area contributed by atoms with Crippen molar-refractivity contribution < 1.29 is 0 Å². The van der Waals surface area contributed by atoms with Crippen LogP contribution in [0.5, 0.6) is 0 Å². The van der Waals surface area contributed by atoms with Gasteiger partial charge in [0.15, 0.2) is 5.16 Å². The Hall–Kier alpha value is -0.0900. The van der Waals surface area contributed by atoms with Gasteiger partial charge >= 0.3 is 0 Å². The van der Waals surface area contributed by atoms with E-state index >= 15 is 0 Å². The third kappa shape index (κ3) is 3.20. The molecule has 1 atom stereocenters. The zero-order chi connectivity index (χ0) is 8.10. The molecule has 0 aliphatic heterocycles. The normalized spacial score (nSPS) is 13.3. The summed E-state index contributed by atoms with van der Waals surface area (Å²) in [6, 6.07) is 0. The lowest BCUT2D eigenvalue weighted by molar-refractivity contribution is 0.912. The van der Waals surface area contributed by atoms with Crippen LogP contribution in [0.25, 0.3) is 0 Å². The van der Waals surface area contributed by atoms with Crippen LogP contribution in [0.1, 0.15) is 20.3 Å². The van der Waals surface area contributed by atoms with E-state index in [0.717, 1.165) is 5.16 Å². The molecule has 0 saturated heterocycles. The van der Waals surface area contributed by atoms with E-state index in [1.807, 2.05) is 17.0 Å². The van der Waals surface area contributed by atoms with E-state index in [1.165, 1.54) is 6.42 Å². The molecule has 0 saturated carbocycles. The highest BCUT2D eigenvalue weighted by Gasteiger charge is 2.01. The lowest BCUT2D eigenvalue weighted by Crippen LogP contribution is -1.88. The van der Waals surface area contributed by atoms with Crippen LogP contribution in [0.15, 0.2) is 17.6 Å². The minimum atomic E-state index is 0.699. The smallest absolute Gasteiger partial charge is 0.176 e. The first-order valence-electron chi connectivity index (χ1n) is 3.65. The van der Waals surface area contributed by atoms with Gasteiger partial charge in [0.2, 0.25) is 0 Å². The number of aromatic nitrogens is 2. The second-order valence-corrected chi connectivity index (χ2v) is 4.92. The van der Waals surface area contributed by atoms with Crippen LogP contribution in [0.4, 0.5) is 0 Å². The second kappa shape index (κ2) is 4.72. The van der Waals surface area contributed by atoms with Crippen LogP contribution in [0.3, 0.4) is 0 Å². The van der Waals surface area contributed by atoms with E-state index < -0.39 is 0 Å². The maximum atomic E-state index is 4.11. The van der Waals surface area contributed by atoms with Crippen molar-refractivity contribution in [2.75, 3.05) is 0 Å². The molecule has 0 fully saturated rings. The molecule has 4 heteroatoms. The predicted molar refractivity (Wildman–Crippen MR) is 51.8 cm³/mol. The summed E-state index contributed by atoms with van der Waals surface area (Å²) in [5, 5.41) is 1.69. The lowest BCUT2D eigenvalue weighted by atomic mass is 10.4. The van der Waals surface area contributed by atoms with Crippen molar-refractivity contribution in [2.24, 2.45) is 0 Å². The van der Waals surface area contributed by atoms with Gasteiger partial charge in [-0.3, -0.25) is 0 Å². The Labute approximate surface area is 75.0 Å². The number of aromatic amines is 1. The molecule has 0 unspecified atom stereocenters. The summed E-state index contributed by atoms with van der Waals surface area (Å²) in [6.45, 7) is 4.42. The highest BCUT2D eigenvalue weighted by Crippen LogP contribution is 2.32. The largest absolute Gasteiger partial charge is 0.339 e. The summed E-state index contributed by atoms with van der Waals surface area (Å²) in [7, 11) is 3.57. The van der Waals surface area contributed by atoms with Gasteiger partial charge in [0.05, 0.1) is 0 Å². The van der Waals surface area contributed by atoms with Gasteiger partial charge < -0.3 is 4.98 Å². The van der Waals surface area contributed by atoms with Gasteiger partial charge in [-0.1, -0.05) is 24.6 Å². The van der Waals surface area contributed by atoms with Gasteiger partial charge in [0.25, 0.3) is 0 Å². The van der Waals surface area contributed by atoms with Gasteiger partial charge in [-0.25, -0.2) is 4.98 Å². The number of hydrogen-bond donors (Lipinski definition) is 1. The fraction of sp³-hybridized carbons (Fsp3) is 0.571. The maximum absolute atomic E-state index is 4.11. The minimum Gasteiger partial charge on any atom is -0.339 e. The molecule has 1 rings (SSSR count). The summed E-state index contributed by atoms with van der Waals surface area (Å²) in [4.78, 5) is 7.16. The molecular weight excluding hydrogens is 176 g/mol. The van der Waals surface area contributed by atoms with Gasteiger partial charge in [0.1, 0.15) is 0 Å². The molecule has 0 aromatic carbocycles. The molecule has 1 heterocycles.